The summed E-state index contributed by atoms with van der Waals surface area (Å²) in [6, 6.07) is 7.65. The second-order valence-corrected chi connectivity index (χ2v) is 6.58. The number of carbonyl (C=O) groups excluding carboxylic acids is 1. The molecule has 5 heteroatoms. The van der Waals surface area contributed by atoms with E-state index in [1.165, 1.54) is 6.42 Å². The van der Waals surface area contributed by atoms with Crippen molar-refractivity contribution in [3.63, 3.8) is 0 Å². The molecule has 1 aromatic carbocycles. The van der Waals surface area contributed by atoms with Crippen LogP contribution in [0.15, 0.2) is 24.3 Å². The third kappa shape index (κ3) is 6.91. The third-order valence-electron chi connectivity index (χ3n) is 3.65. The molecule has 0 heterocycles. The van der Waals surface area contributed by atoms with Gasteiger partial charge < -0.3 is 20.2 Å². The van der Waals surface area contributed by atoms with Crippen molar-refractivity contribution < 1.29 is 9.90 Å². The van der Waals surface area contributed by atoms with Crippen LogP contribution in [0.5, 0.6) is 0 Å². The number of hydrogen-bond donors (Lipinski definition) is 2. The first-order valence-electron chi connectivity index (χ1n) is 8.36. The van der Waals surface area contributed by atoms with E-state index >= 15 is 0 Å². The minimum atomic E-state index is -0.904. The normalized spacial score (nSPS) is 11.2. The van der Waals surface area contributed by atoms with E-state index in [-0.39, 0.29) is 6.03 Å². The quantitative estimate of drug-likeness (QED) is 0.770. The van der Waals surface area contributed by atoms with Crippen LogP contribution in [-0.2, 0) is 0 Å². The fourth-order valence-corrected chi connectivity index (χ4v) is 2.32. The number of carbonyl (C=O) groups is 1. The molecule has 0 unspecified atom stereocenters. The van der Waals surface area contributed by atoms with Crippen molar-refractivity contribution in [3.8, 4) is 0 Å². The Morgan fingerprint density at radius 1 is 1.22 bits per heavy atom. The van der Waals surface area contributed by atoms with Crippen LogP contribution in [0.1, 0.15) is 40.5 Å². The molecule has 0 fully saturated rings. The maximum atomic E-state index is 12.3. The van der Waals surface area contributed by atoms with Crippen LogP contribution in [0.3, 0.4) is 0 Å². The zero-order chi connectivity index (χ0) is 17.5. The minimum absolute atomic E-state index is 0.193. The Hall–Kier alpha value is -1.75. The van der Waals surface area contributed by atoms with E-state index in [1.54, 1.807) is 18.7 Å². The lowest BCUT2D eigenvalue weighted by molar-refractivity contribution is 0.0501. The Balaban J connectivity index is 2.64. The maximum absolute atomic E-state index is 12.3. The van der Waals surface area contributed by atoms with E-state index in [2.05, 4.69) is 24.2 Å². The first-order valence-corrected chi connectivity index (χ1v) is 8.36. The van der Waals surface area contributed by atoms with Crippen molar-refractivity contribution in [1.82, 2.24) is 4.90 Å². The van der Waals surface area contributed by atoms with Crippen LogP contribution in [0.2, 0.25) is 0 Å². The zero-order valence-electron chi connectivity index (χ0n) is 15.1. The van der Waals surface area contributed by atoms with Gasteiger partial charge in [-0.1, -0.05) is 13.3 Å². The van der Waals surface area contributed by atoms with Crippen molar-refractivity contribution >= 4 is 17.4 Å². The molecule has 130 valence electrons. The fraction of sp³-hybridized carbons (Fsp3) is 0.611. The molecule has 1 rings (SSSR count). The lowest BCUT2D eigenvalue weighted by atomic mass is 10.1. The number of benzene rings is 1. The lowest BCUT2D eigenvalue weighted by Gasteiger charge is -2.28. The summed E-state index contributed by atoms with van der Waals surface area (Å²) in [5.74, 6) is 0. The summed E-state index contributed by atoms with van der Waals surface area (Å²) in [4.78, 5) is 16.1. The highest BCUT2D eigenvalue weighted by atomic mass is 16.3. The van der Waals surface area contributed by atoms with Gasteiger partial charge in [-0.3, -0.25) is 0 Å². The largest absolute Gasteiger partial charge is 0.389 e. The molecule has 0 aliphatic rings. The van der Waals surface area contributed by atoms with Crippen LogP contribution < -0.4 is 10.2 Å². The standard InChI is InChI=1S/C18H31N3O2/c1-6-8-13-20(5)16-11-9-15(10-12-16)19-17(22)21(7-2)14-18(3,4)23/h9-12,23H,6-8,13-14H2,1-5H3,(H,19,22). The molecule has 0 bridgehead atoms. The first kappa shape index (κ1) is 19.3. The molecule has 0 spiro atoms. The summed E-state index contributed by atoms with van der Waals surface area (Å²) >= 11 is 0. The van der Waals surface area contributed by atoms with E-state index in [0.717, 1.165) is 24.3 Å². The fourth-order valence-electron chi connectivity index (χ4n) is 2.32. The number of urea groups is 1. The highest BCUT2D eigenvalue weighted by Crippen LogP contribution is 2.18. The van der Waals surface area contributed by atoms with Crippen LogP contribution in [-0.4, -0.2) is 48.3 Å². The average molecular weight is 321 g/mol. The summed E-state index contributed by atoms with van der Waals surface area (Å²) in [5, 5.41) is 12.8. The molecule has 5 nitrogen and oxygen atoms in total. The number of rotatable bonds is 8. The number of likely N-dealkylation sites (N-methyl/N-ethyl adjacent to an activating group) is 1. The Kier molecular flexibility index (Phi) is 7.36. The molecule has 0 saturated heterocycles. The Labute approximate surface area is 140 Å². The predicted molar refractivity (Wildman–Crippen MR) is 97.2 cm³/mol. The summed E-state index contributed by atoms with van der Waals surface area (Å²) in [6.45, 7) is 9.35. The second kappa shape index (κ2) is 8.77. The zero-order valence-corrected chi connectivity index (χ0v) is 15.1. The Morgan fingerprint density at radius 3 is 2.30 bits per heavy atom. The highest BCUT2D eigenvalue weighted by molar-refractivity contribution is 5.89. The number of hydrogen-bond acceptors (Lipinski definition) is 3. The highest BCUT2D eigenvalue weighted by Gasteiger charge is 2.21. The number of nitrogens with one attached hydrogen (secondary N) is 1. The van der Waals surface area contributed by atoms with E-state index in [1.807, 2.05) is 31.2 Å². The molecule has 0 saturated carbocycles. The number of amides is 2. The number of nitrogens with zero attached hydrogens (tertiary/aromatic N) is 2. The topological polar surface area (TPSA) is 55.8 Å². The summed E-state index contributed by atoms with van der Waals surface area (Å²) < 4.78 is 0. The minimum Gasteiger partial charge on any atom is -0.389 e. The van der Waals surface area contributed by atoms with Gasteiger partial charge >= 0.3 is 6.03 Å². The maximum Gasteiger partial charge on any atom is 0.321 e. The van der Waals surface area contributed by atoms with Crippen molar-refractivity contribution in [2.24, 2.45) is 0 Å². The van der Waals surface area contributed by atoms with Gasteiger partial charge in [0.15, 0.2) is 0 Å². The van der Waals surface area contributed by atoms with Gasteiger partial charge in [-0.15, -0.1) is 0 Å². The molecular formula is C18H31N3O2. The summed E-state index contributed by atoms with van der Waals surface area (Å²) in [5.41, 5.74) is 0.997. The van der Waals surface area contributed by atoms with E-state index < -0.39 is 5.60 Å². The molecule has 2 N–H and O–H groups in total. The van der Waals surface area contributed by atoms with Gasteiger partial charge in [0, 0.05) is 31.5 Å². The third-order valence-corrected chi connectivity index (χ3v) is 3.65. The molecule has 0 aliphatic carbocycles. The van der Waals surface area contributed by atoms with Crippen molar-refractivity contribution in [3.05, 3.63) is 24.3 Å². The number of unbranched alkanes of at least 4 members (excludes halogenated alkanes) is 1. The molecular weight excluding hydrogens is 290 g/mol. The number of anilines is 2. The molecule has 2 amide bonds. The van der Waals surface area contributed by atoms with Crippen LogP contribution in [0.25, 0.3) is 0 Å². The summed E-state index contributed by atoms with van der Waals surface area (Å²) in [6.07, 6.45) is 2.34. The van der Waals surface area contributed by atoms with E-state index in [9.17, 15) is 9.90 Å². The lowest BCUT2D eigenvalue weighted by Crippen LogP contribution is -2.44. The van der Waals surface area contributed by atoms with Crippen molar-refractivity contribution in [2.75, 3.05) is 36.9 Å². The van der Waals surface area contributed by atoms with Gasteiger partial charge in [-0.25, -0.2) is 4.79 Å². The smallest absolute Gasteiger partial charge is 0.321 e. The molecule has 0 radical (unpaired) electrons. The average Bonchev–Trinajstić information content (AvgIpc) is 2.50. The molecule has 0 aliphatic heterocycles. The molecule has 23 heavy (non-hydrogen) atoms. The predicted octanol–water partition coefficient (Wildman–Crippen LogP) is 3.55. The van der Waals surface area contributed by atoms with Crippen molar-refractivity contribution in [1.29, 1.82) is 0 Å². The molecule has 0 atom stereocenters. The van der Waals surface area contributed by atoms with Gasteiger partial charge in [0.25, 0.3) is 0 Å². The van der Waals surface area contributed by atoms with Gasteiger partial charge in [0.05, 0.1) is 12.1 Å². The van der Waals surface area contributed by atoms with Crippen LogP contribution >= 0.6 is 0 Å². The van der Waals surface area contributed by atoms with Gasteiger partial charge in [-0.2, -0.15) is 0 Å². The molecule has 1 aromatic rings. The van der Waals surface area contributed by atoms with E-state index in [4.69, 9.17) is 0 Å². The monoisotopic (exact) mass is 321 g/mol. The molecule has 0 aromatic heterocycles. The van der Waals surface area contributed by atoms with Gasteiger partial charge in [0.2, 0.25) is 0 Å². The second-order valence-electron chi connectivity index (χ2n) is 6.58. The SMILES string of the molecule is CCCCN(C)c1ccc(NC(=O)N(CC)CC(C)(C)O)cc1. The van der Waals surface area contributed by atoms with Crippen molar-refractivity contribution in [2.45, 2.75) is 46.1 Å². The Morgan fingerprint density at radius 2 is 1.83 bits per heavy atom. The van der Waals surface area contributed by atoms with Crippen LogP contribution in [0.4, 0.5) is 16.2 Å². The number of aliphatic hydroxyl groups is 1. The van der Waals surface area contributed by atoms with E-state index in [0.29, 0.717) is 13.1 Å². The van der Waals surface area contributed by atoms with Gasteiger partial charge in [0.1, 0.15) is 0 Å². The van der Waals surface area contributed by atoms with Crippen LogP contribution in [0, 0.1) is 0 Å². The first-order chi connectivity index (χ1) is 10.8. The van der Waals surface area contributed by atoms with Gasteiger partial charge in [-0.05, 0) is 51.5 Å². The summed E-state index contributed by atoms with van der Waals surface area (Å²) in [7, 11) is 2.07. The Bertz CT molecular complexity index is 480.